The zero-order valence-electron chi connectivity index (χ0n) is 14.3. The average Bonchev–Trinajstić information content (AvgIpc) is 3.11. The van der Waals surface area contributed by atoms with Crippen LogP contribution < -0.4 is 5.32 Å². The van der Waals surface area contributed by atoms with Gasteiger partial charge in [0, 0.05) is 23.9 Å². The van der Waals surface area contributed by atoms with Crippen LogP contribution in [0.25, 0.3) is 22.7 Å². The van der Waals surface area contributed by atoms with Crippen molar-refractivity contribution in [3.63, 3.8) is 0 Å². The Morgan fingerprint density at radius 3 is 2.69 bits per heavy atom. The third-order valence-corrected chi connectivity index (χ3v) is 4.10. The number of nitrogens with zero attached hydrogens (tertiary/aromatic N) is 2. The molecule has 0 saturated carbocycles. The van der Waals surface area contributed by atoms with Crippen molar-refractivity contribution in [1.29, 1.82) is 0 Å². The van der Waals surface area contributed by atoms with Crippen molar-refractivity contribution < 1.29 is 9.21 Å². The quantitative estimate of drug-likeness (QED) is 0.605. The highest BCUT2D eigenvalue weighted by atomic mass is 16.3. The number of pyridine rings is 1. The number of aromatic nitrogens is 2. The van der Waals surface area contributed by atoms with Gasteiger partial charge in [0.1, 0.15) is 0 Å². The molecule has 2 aromatic carbocycles. The lowest BCUT2D eigenvalue weighted by Gasteiger charge is -2.06. The molecule has 2 heterocycles. The third-order valence-electron chi connectivity index (χ3n) is 4.10. The van der Waals surface area contributed by atoms with Crippen LogP contribution in [0.1, 0.15) is 21.5 Å². The molecule has 0 bridgehead atoms. The summed E-state index contributed by atoms with van der Waals surface area (Å²) < 4.78 is 5.72. The minimum Gasteiger partial charge on any atom is -0.434 e. The second-order valence-electron chi connectivity index (χ2n) is 6.09. The molecule has 0 radical (unpaired) electrons. The van der Waals surface area contributed by atoms with Gasteiger partial charge in [0.25, 0.3) is 5.91 Å². The van der Waals surface area contributed by atoms with E-state index in [4.69, 9.17) is 4.42 Å². The van der Waals surface area contributed by atoms with E-state index < -0.39 is 0 Å². The van der Waals surface area contributed by atoms with Crippen LogP contribution in [0.3, 0.4) is 0 Å². The lowest BCUT2D eigenvalue weighted by atomic mass is 10.1. The van der Waals surface area contributed by atoms with Gasteiger partial charge in [-0.2, -0.15) is 4.98 Å². The summed E-state index contributed by atoms with van der Waals surface area (Å²) in [6.45, 7) is 2.43. The summed E-state index contributed by atoms with van der Waals surface area (Å²) in [7, 11) is 0. The zero-order valence-corrected chi connectivity index (χ0v) is 14.3. The third kappa shape index (κ3) is 3.32. The SMILES string of the molecule is Cc1cccc(C(=O)NCc2ccc(-c3nc4ncccc4o3)cc2)c1. The molecular weight excluding hydrogens is 326 g/mol. The molecule has 0 aliphatic carbocycles. The molecule has 0 aliphatic rings. The second kappa shape index (κ2) is 6.80. The molecule has 1 amide bonds. The first kappa shape index (κ1) is 16.0. The van der Waals surface area contributed by atoms with Gasteiger partial charge in [-0.3, -0.25) is 4.79 Å². The van der Waals surface area contributed by atoms with E-state index in [0.717, 1.165) is 16.7 Å². The number of fused-ring (bicyclic) bond motifs is 1. The van der Waals surface area contributed by atoms with Gasteiger partial charge in [0.2, 0.25) is 5.89 Å². The van der Waals surface area contributed by atoms with Gasteiger partial charge in [0.15, 0.2) is 11.2 Å². The van der Waals surface area contributed by atoms with E-state index in [1.807, 2.05) is 67.6 Å². The maximum Gasteiger partial charge on any atom is 0.251 e. The molecule has 2 aromatic heterocycles. The molecule has 4 aromatic rings. The van der Waals surface area contributed by atoms with Crippen molar-refractivity contribution in [1.82, 2.24) is 15.3 Å². The fraction of sp³-hybridized carbons (Fsp3) is 0.0952. The van der Waals surface area contributed by atoms with Gasteiger partial charge in [-0.15, -0.1) is 0 Å². The van der Waals surface area contributed by atoms with Crippen molar-refractivity contribution in [3.8, 4) is 11.5 Å². The van der Waals surface area contributed by atoms with Gasteiger partial charge in [0.05, 0.1) is 0 Å². The van der Waals surface area contributed by atoms with Crippen molar-refractivity contribution in [2.45, 2.75) is 13.5 Å². The maximum absolute atomic E-state index is 12.2. The molecule has 4 rings (SSSR count). The van der Waals surface area contributed by atoms with E-state index in [9.17, 15) is 4.79 Å². The minimum atomic E-state index is -0.0807. The first-order valence-electron chi connectivity index (χ1n) is 8.35. The number of nitrogens with one attached hydrogen (secondary N) is 1. The van der Waals surface area contributed by atoms with Crippen LogP contribution in [0.5, 0.6) is 0 Å². The largest absolute Gasteiger partial charge is 0.434 e. The summed E-state index contributed by atoms with van der Waals surface area (Å²) in [5, 5.41) is 2.94. The number of hydrogen-bond acceptors (Lipinski definition) is 4. The van der Waals surface area contributed by atoms with E-state index in [1.54, 1.807) is 6.20 Å². The first-order chi connectivity index (χ1) is 12.7. The predicted octanol–water partition coefficient (Wildman–Crippen LogP) is 4.13. The molecule has 128 valence electrons. The lowest BCUT2D eigenvalue weighted by molar-refractivity contribution is 0.0951. The van der Waals surface area contributed by atoms with Crippen molar-refractivity contribution >= 4 is 17.1 Å². The van der Waals surface area contributed by atoms with Gasteiger partial charge in [-0.25, -0.2) is 4.98 Å². The number of oxazole rings is 1. The fourth-order valence-corrected chi connectivity index (χ4v) is 2.73. The van der Waals surface area contributed by atoms with Crippen LogP contribution >= 0.6 is 0 Å². The van der Waals surface area contributed by atoms with Crippen LogP contribution in [-0.2, 0) is 6.54 Å². The standard InChI is InChI=1S/C21H17N3O2/c1-14-4-2-5-17(12-14)20(25)23-13-15-7-9-16(10-8-15)21-24-19-18(26-21)6-3-11-22-19/h2-12H,13H2,1H3,(H,23,25). The Labute approximate surface area is 150 Å². The minimum absolute atomic E-state index is 0.0807. The summed E-state index contributed by atoms with van der Waals surface area (Å²) in [6, 6.07) is 19.0. The Morgan fingerprint density at radius 1 is 1.08 bits per heavy atom. The summed E-state index contributed by atoms with van der Waals surface area (Å²) in [5.41, 5.74) is 4.87. The molecule has 26 heavy (non-hydrogen) atoms. The van der Waals surface area contributed by atoms with Crippen molar-refractivity contribution in [3.05, 3.63) is 83.6 Å². The maximum atomic E-state index is 12.2. The summed E-state index contributed by atoms with van der Waals surface area (Å²) >= 11 is 0. The molecule has 0 saturated heterocycles. The highest BCUT2D eigenvalue weighted by Gasteiger charge is 2.09. The number of benzene rings is 2. The van der Waals surface area contributed by atoms with E-state index in [1.165, 1.54) is 0 Å². The van der Waals surface area contributed by atoms with Gasteiger partial charge >= 0.3 is 0 Å². The van der Waals surface area contributed by atoms with E-state index in [-0.39, 0.29) is 5.91 Å². The van der Waals surface area contributed by atoms with Gasteiger partial charge < -0.3 is 9.73 Å². The molecule has 5 nitrogen and oxygen atoms in total. The number of hydrogen-bond donors (Lipinski definition) is 1. The summed E-state index contributed by atoms with van der Waals surface area (Å²) in [4.78, 5) is 20.8. The smallest absolute Gasteiger partial charge is 0.251 e. The average molecular weight is 343 g/mol. The van der Waals surface area contributed by atoms with Crippen LogP contribution in [-0.4, -0.2) is 15.9 Å². The molecule has 0 unspecified atom stereocenters. The normalized spacial score (nSPS) is 10.8. The number of amides is 1. The predicted molar refractivity (Wildman–Crippen MR) is 99.6 cm³/mol. The molecule has 5 heteroatoms. The number of rotatable bonds is 4. The molecule has 1 N–H and O–H groups in total. The first-order valence-corrected chi connectivity index (χ1v) is 8.35. The number of aryl methyl sites for hydroxylation is 1. The molecule has 0 spiro atoms. The van der Waals surface area contributed by atoms with Crippen LogP contribution in [0.15, 0.2) is 71.3 Å². The Kier molecular flexibility index (Phi) is 4.19. The number of carbonyl (C=O) groups excluding carboxylic acids is 1. The second-order valence-corrected chi connectivity index (χ2v) is 6.09. The highest BCUT2D eigenvalue weighted by molar-refractivity contribution is 5.94. The zero-order chi connectivity index (χ0) is 17.9. The van der Waals surface area contributed by atoms with Crippen LogP contribution in [0.4, 0.5) is 0 Å². The fourth-order valence-electron chi connectivity index (χ4n) is 2.73. The molecule has 0 fully saturated rings. The Morgan fingerprint density at radius 2 is 1.92 bits per heavy atom. The molecule has 0 atom stereocenters. The monoisotopic (exact) mass is 343 g/mol. The van der Waals surface area contributed by atoms with Crippen LogP contribution in [0.2, 0.25) is 0 Å². The van der Waals surface area contributed by atoms with Crippen molar-refractivity contribution in [2.75, 3.05) is 0 Å². The number of carbonyl (C=O) groups is 1. The Bertz CT molecular complexity index is 1040. The lowest BCUT2D eigenvalue weighted by Crippen LogP contribution is -2.22. The van der Waals surface area contributed by atoms with Crippen LogP contribution in [0, 0.1) is 6.92 Å². The molecular formula is C21H17N3O2. The van der Waals surface area contributed by atoms with E-state index >= 15 is 0 Å². The van der Waals surface area contributed by atoms with E-state index in [2.05, 4.69) is 15.3 Å². The topological polar surface area (TPSA) is 68.0 Å². The highest BCUT2D eigenvalue weighted by Crippen LogP contribution is 2.23. The molecule has 0 aliphatic heterocycles. The summed E-state index contributed by atoms with van der Waals surface area (Å²) in [5.74, 6) is 0.455. The van der Waals surface area contributed by atoms with Gasteiger partial charge in [-0.1, -0.05) is 29.8 Å². The van der Waals surface area contributed by atoms with E-state index in [0.29, 0.717) is 29.2 Å². The summed E-state index contributed by atoms with van der Waals surface area (Å²) in [6.07, 6.45) is 1.69. The Balaban J connectivity index is 1.45. The van der Waals surface area contributed by atoms with Gasteiger partial charge in [-0.05, 0) is 48.9 Å². The van der Waals surface area contributed by atoms with Crippen molar-refractivity contribution in [2.24, 2.45) is 0 Å². The Hall–Kier alpha value is -3.47.